The van der Waals surface area contributed by atoms with Gasteiger partial charge in [0.15, 0.2) is 0 Å². The van der Waals surface area contributed by atoms with Gasteiger partial charge in [-0.2, -0.15) is 0 Å². The van der Waals surface area contributed by atoms with Gasteiger partial charge in [-0.3, -0.25) is 44.8 Å². The van der Waals surface area contributed by atoms with Crippen molar-refractivity contribution < 1.29 is 59.2 Å². The van der Waals surface area contributed by atoms with Gasteiger partial charge in [-0.25, -0.2) is 36.3 Å². The first kappa shape index (κ1) is 77.8. The fourth-order valence-corrected chi connectivity index (χ4v) is 10.9. The van der Waals surface area contributed by atoms with Crippen LogP contribution in [0.1, 0.15) is 185 Å². The normalized spacial score (nSPS) is 12.8. The third-order valence-corrected chi connectivity index (χ3v) is 16.7. The Kier molecular flexibility index (Phi) is 31.0. The van der Waals surface area contributed by atoms with Gasteiger partial charge in [0.25, 0.3) is 23.6 Å². The van der Waals surface area contributed by atoms with Crippen LogP contribution in [0, 0.1) is 25.7 Å². The predicted molar refractivity (Wildman–Crippen MR) is 385 cm³/mol. The standard InChI is InChI=1S/C22H21N3O3.C19H28N2O3.2C18H21N3O3/c1-15(16-11-13-18(14-12-16)21(26)25-28)23-22(27)24-20-10-6-5-9-19(20)17-7-3-2-4-8-17;1-13(2)17(14-9-11-16(12-10-14)19(23)21-24)20-18(22)15-7-5-3-4-6-8-15;1-11-4-9-16(12(2)10-11)20-18(23)19-13(3)14-5-7-15(8-6-14)17(22)21-24;1-3-13-4-10-16(11-5-13)20-18(23)19-12(2)14-6-8-15(9-7-14)17(22)21-24/h2-15,28H,1H3,(H,25,26)(H2,23,24,27);9-13,15,17,24H,3-8H2,1-2H3,(H,20,22)(H,21,23);4-10,13,24H,1-3H3,(H,21,22)(H2,19,20,23);4-12,24H,3H2,1-2H3,(H,21,22)(H2,19,20,23). The van der Waals surface area contributed by atoms with Crippen LogP contribution >= 0.6 is 0 Å². The van der Waals surface area contributed by atoms with Gasteiger partial charge in [0.2, 0.25) is 5.91 Å². The molecule has 1 fully saturated rings. The van der Waals surface area contributed by atoms with E-state index in [2.05, 4.69) is 58.0 Å². The van der Waals surface area contributed by atoms with E-state index in [1.54, 1.807) is 107 Å². The molecule has 23 nitrogen and oxygen atoms in total. The summed E-state index contributed by atoms with van der Waals surface area (Å²) in [6.45, 7) is 15.7. The first-order valence-corrected chi connectivity index (χ1v) is 33.1. The molecule has 1 aliphatic carbocycles. The Hall–Kier alpha value is -11.2. The lowest BCUT2D eigenvalue weighted by atomic mass is 9.93. The average molecular weight is 1360 g/mol. The van der Waals surface area contributed by atoms with Crippen molar-refractivity contribution in [1.82, 2.24) is 43.2 Å². The van der Waals surface area contributed by atoms with Gasteiger partial charge in [-0.1, -0.05) is 173 Å². The van der Waals surface area contributed by atoms with E-state index in [1.807, 2.05) is 144 Å². The SMILES string of the molecule is CC(C)C(NC(=O)C1CCCCCC1)c1ccc(C(=O)NO)cc1.CC(NC(=O)Nc1ccccc1-c1ccccc1)c1ccc(C(=O)NO)cc1.CCc1ccc(NC(=O)NC(C)c2ccc(C(=O)NO)cc2)cc1.Cc1ccc(NC(=O)NC(C)c2ccc(C(=O)NO)cc2)c(C)c1. The van der Waals surface area contributed by atoms with E-state index in [1.165, 1.54) is 18.4 Å². The van der Waals surface area contributed by atoms with Gasteiger partial charge in [0.05, 0.1) is 29.9 Å². The smallest absolute Gasteiger partial charge is 0.319 e. The molecule has 15 N–H and O–H groups in total. The van der Waals surface area contributed by atoms with Gasteiger partial charge in [-0.15, -0.1) is 0 Å². The maximum Gasteiger partial charge on any atom is 0.319 e. The van der Waals surface area contributed by atoms with Crippen molar-refractivity contribution in [2.24, 2.45) is 11.8 Å². The van der Waals surface area contributed by atoms with E-state index in [0.29, 0.717) is 27.9 Å². The maximum absolute atomic E-state index is 12.7. The Morgan fingerprint density at radius 1 is 0.410 bits per heavy atom. The number of nitrogens with one attached hydrogen (secondary N) is 11. The summed E-state index contributed by atoms with van der Waals surface area (Å²) in [5.41, 5.74) is 18.8. The zero-order valence-electron chi connectivity index (χ0n) is 57.4. The van der Waals surface area contributed by atoms with Crippen molar-refractivity contribution in [3.8, 4) is 11.1 Å². The Balaban J connectivity index is 0.000000211. The molecule has 1 aliphatic rings. The Bertz CT molecular complexity index is 3960. The molecule has 0 heterocycles. The first-order chi connectivity index (χ1) is 48.0. The summed E-state index contributed by atoms with van der Waals surface area (Å²) < 4.78 is 0. The number of hydrogen-bond donors (Lipinski definition) is 15. The molecule has 0 aromatic heterocycles. The van der Waals surface area contributed by atoms with E-state index < -0.39 is 23.6 Å². The molecule has 100 heavy (non-hydrogen) atoms. The third kappa shape index (κ3) is 24.4. The van der Waals surface area contributed by atoms with E-state index >= 15 is 0 Å². The van der Waals surface area contributed by atoms with Crippen molar-refractivity contribution in [1.29, 1.82) is 0 Å². The fourth-order valence-electron chi connectivity index (χ4n) is 10.9. The molecular formula is C77H91N11O12. The molecule has 4 unspecified atom stereocenters. The second kappa shape index (κ2) is 39.8. The molecule has 4 atom stereocenters. The number of amides is 11. The van der Waals surface area contributed by atoms with Crippen LogP contribution in [0.5, 0.6) is 0 Å². The number of hydrogen-bond acceptors (Lipinski definition) is 12. The number of hydroxylamine groups is 4. The Labute approximate surface area is 583 Å². The number of carbonyl (C=O) groups excluding carboxylic acids is 8. The van der Waals surface area contributed by atoms with Crippen molar-refractivity contribution in [2.45, 2.75) is 125 Å². The fraction of sp³-hybridized carbons (Fsp3) is 0.273. The average Bonchev–Trinajstić information content (AvgIpc) is 1.33. The molecule has 0 aliphatic heterocycles. The minimum atomic E-state index is -0.581. The zero-order chi connectivity index (χ0) is 72.7. The second-order valence-electron chi connectivity index (χ2n) is 24.4. The van der Waals surface area contributed by atoms with Gasteiger partial charge in [-0.05, 0) is 172 Å². The van der Waals surface area contributed by atoms with Crippen molar-refractivity contribution in [3.63, 3.8) is 0 Å². The number of rotatable bonds is 19. The number of aryl methyl sites for hydroxylation is 3. The van der Waals surface area contributed by atoms with Crippen LogP contribution in [0.3, 0.4) is 0 Å². The highest BCUT2D eigenvalue weighted by atomic mass is 16.5. The summed E-state index contributed by atoms with van der Waals surface area (Å²) in [6, 6.07) is 56.1. The molecule has 526 valence electrons. The molecule has 0 bridgehead atoms. The van der Waals surface area contributed by atoms with Crippen LogP contribution in [0.4, 0.5) is 31.4 Å². The summed E-state index contributed by atoms with van der Waals surface area (Å²) in [7, 11) is 0. The molecule has 8 aromatic carbocycles. The molecule has 9 rings (SSSR count). The summed E-state index contributed by atoms with van der Waals surface area (Å²) in [5.74, 6) is -1.75. The van der Waals surface area contributed by atoms with Crippen molar-refractivity contribution >= 4 is 64.7 Å². The molecule has 23 heteroatoms. The highest BCUT2D eigenvalue weighted by molar-refractivity contribution is 5.97. The molecular weight excluding hydrogens is 1270 g/mol. The monoisotopic (exact) mass is 1360 g/mol. The van der Waals surface area contributed by atoms with E-state index in [9.17, 15) is 38.4 Å². The van der Waals surface area contributed by atoms with Crippen LogP contribution < -0.4 is 59.1 Å². The van der Waals surface area contributed by atoms with E-state index in [-0.39, 0.29) is 60.0 Å². The lowest BCUT2D eigenvalue weighted by Crippen LogP contribution is -2.36. The Morgan fingerprint density at radius 2 is 0.800 bits per heavy atom. The van der Waals surface area contributed by atoms with Crippen LogP contribution in [-0.4, -0.2) is 68.5 Å². The highest BCUT2D eigenvalue weighted by Crippen LogP contribution is 2.30. The predicted octanol–water partition coefficient (Wildman–Crippen LogP) is 14.5. The van der Waals surface area contributed by atoms with Gasteiger partial charge in [0.1, 0.15) is 0 Å². The van der Waals surface area contributed by atoms with Crippen molar-refractivity contribution in [2.75, 3.05) is 16.0 Å². The van der Waals surface area contributed by atoms with E-state index in [4.69, 9.17) is 20.8 Å². The largest absolute Gasteiger partial charge is 0.349 e. The van der Waals surface area contributed by atoms with Crippen LogP contribution in [-0.2, 0) is 11.2 Å². The minimum absolute atomic E-state index is 0.0769. The van der Waals surface area contributed by atoms with E-state index in [0.717, 1.165) is 88.0 Å². The summed E-state index contributed by atoms with van der Waals surface area (Å²) in [6.07, 6.45) is 7.63. The molecule has 11 amide bonds. The number of para-hydroxylation sites is 1. The number of benzene rings is 8. The molecule has 8 aromatic rings. The molecule has 0 saturated heterocycles. The number of anilines is 3. The number of urea groups is 3. The maximum atomic E-state index is 12.7. The first-order valence-electron chi connectivity index (χ1n) is 33.1. The lowest BCUT2D eigenvalue weighted by Gasteiger charge is -2.25. The van der Waals surface area contributed by atoms with Gasteiger partial charge in [0, 0.05) is 45.1 Å². The summed E-state index contributed by atoms with van der Waals surface area (Å²) in [5, 5.41) is 54.8. The van der Waals surface area contributed by atoms with Gasteiger partial charge >= 0.3 is 18.1 Å². The Morgan fingerprint density at radius 3 is 1.20 bits per heavy atom. The topological polar surface area (TPSA) is 350 Å². The van der Waals surface area contributed by atoms with Crippen molar-refractivity contribution in [3.05, 3.63) is 255 Å². The second-order valence-corrected chi connectivity index (χ2v) is 24.4. The minimum Gasteiger partial charge on any atom is -0.349 e. The zero-order valence-corrected chi connectivity index (χ0v) is 57.4. The molecule has 0 radical (unpaired) electrons. The molecule has 0 spiro atoms. The molecule has 1 saturated carbocycles. The summed E-state index contributed by atoms with van der Waals surface area (Å²) >= 11 is 0. The highest BCUT2D eigenvalue weighted by Gasteiger charge is 2.26. The van der Waals surface area contributed by atoms with Gasteiger partial charge < -0.3 is 37.2 Å². The van der Waals surface area contributed by atoms with Crippen LogP contribution in [0.25, 0.3) is 11.1 Å². The summed E-state index contributed by atoms with van der Waals surface area (Å²) in [4.78, 5) is 94.7. The third-order valence-electron chi connectivity index (χ3n) is 16.7. The lowest BCUT2D eigenvalue weighted by molar-refractivity contribution is -0.126. The quantitative estimate of drug-likeness (QED) is 0.0204. The van der Waals surface area contributed by atoms with Crippen LogP contribution in [0.2, 0.25) is 0 Å². The van der Waals surface area contributed by atoms with Crippen LogP contribution in [0.15, 0.2) is 194 Å². The number of carbonyl (C=O) groups is 8.